The maximum Gasteiger partial charge on any atom is 0.422 e. The summed E-state index contributed by atoms with van der Waals surface area (Å²) in [6, 6.07) is 24.3. The molecule has 0 radical (unpaired) electrons. The first-order valence-corrected chi connectivity index (χ1v) is 11.5. The molecule has 0 amide bonds. The summed E-state index contributed by atoms with van der Waals surface area (Å²) in [5, 5.41) is 1.41. The molecule has 0 fully saturated rings. The van der Waals surface area contributed by atoms with Crippen LogP contribution in [0.5, 0.6) is 5.75 Å². The van der Waals surface area contributed by atoms with Crippen LogP contribution in [0.15, 0.2) is 91.5 Å². The third-order valence-electron chi connectivity index (χ3n) is 5.97. The molecule has 0 atom stereocenters. The maximum atomic E-state index is 15.2. The van der Waals surface area contributed by atoms with Gasteiger partial charge in [-0.25, -0.2) is 4.39 Å². The first kappa shape index (κ1) is 24.5. The van der Waals surface area contributed by atoms with Crippen molar-refractivity contribution in [2.75, 3.05) is 6.61 Å². The van der Waals surface area contributed by atoms with Gasteiger partial charge in [0.2, 0.25) is 0 Å². The van der Waals surface area contributed by atoms with Crippen LogP contribution in [0, 0.1) is 5.82 Å². The number of hydrogen-bond donors (Lipinski definition) is 0. The van der Waals surface area contributed by atoms with E-state index in [4.69, 9.17) is 4.74 Å². The Bertz CT molecular complexity index is 1290. The highest BCUT2D eigenvalue weighted by Crippen LogP contribution is 2.28. The van der Waals surface area contributed by atoms with Gasteiger partial charge in [0.15, 0.2) is 6.61 Å². The Morgan fingerprint density at radius 2 is 1.40 bits per heavy atom. The second-order valence-electron chi connectivity index (χ2n) is 8.55. The Kier molecular flexibility index (Phi) is 7.54. The Labute approximate surface area is 202 Å². The molecule has 0 heterocycles. The summed E-state index contributed by atoms with van der Waals surface area (Å²) < 4.78 is 56.8. The highest BCUT2D eigenvalue weighted by Gasteiger charge is 2.28. The predicted molar refractivity (Wildman–Crippen MR) is 133 cm³/mol. The average Bonchev–Trinajstić information content (AvgIpc) is 2.86. The summed E-state index contributed by atoms with van der Waals surface area (Å²) >= 11 is 0. The third-order valence-corrected chi connectivity index (χ3v) is 5.97. The molecule has 0 aliphatic heterocycles. The summed E-state index contributed by atoms with van der Waals surface area (Å²) in [6.07, 6.45) is 0.497. The number of hydrogen-bond acceptors (Lipinski definition) is 1. The number of aryl methyl sites for hydroxylation is 3. The lowest BCUT2D eigenvalue weighted by Gasteiger charge is -2.11. The van der Waals surface area contributed by atoms with E-state index in [9.17, 15) is 13.2 Å². The number of alkyl halides is 3. The molecule has 35 heavy (non-hydrogen) atoms. The van der Waals surface area contributed by atoms with Crippen molar-refractivity contribution in [2.45, 2.75) is 31.9 Å². The second-order valence-corrected chi connectivity index (χ2v) is 8.55. The molecular weight excluding hydrogens is 452 g/mol. The molecule has 4 aromatic carbocycles. The Balaban J connectivity index is 1.43. The Morgan fingerprint density at radius 3 is 2.09 bits per heavy atom. The molecule has 0 aliphatic rings. The molecule has 1 nitrogen and oxygen atoms in total. The molecule has 0 N–H and O–H groups in total. The van der Waals surface area contributed by atoms with Crippen LogP contribution >= 0.6 is 0 Å². The van der Waals surface area contributed by atoms with Gasteiger partial charge in [0, 0.05) is 5.39 Å². The van der Waals surface area contributed by atoms with Crippen LogP contribution in [0.2, 0.25) is 0 Å². The van der Waals surface area contributed by atoms with Gasteiger partial charge in [-0.05, 0) is 77.1 Å². The van der Waals surface area contributed by atoms with Gasteiger partial charge in [-0.15, -0.1) is 6.58 Å². The first-order chi connectivity index (χ1) is 16.8. The molecule has 180 valence electrons. The highest BCUT2D eigenvalue weighted by molar-refractivity contribution is 5.88. The maximum absolute atomic E-state index is 15.2. The van der Waals surface area contributed by atoms with Crippen molar-refractivity contribution < 1.29 is 22.3 Å². The van der Waals surface area contributed by atoms with Crippen LogP contribution in [-0.2, 0) is 19.3 Å². The van der Waals surface area contributed by atoms with Gasteiger partial charge in [-0.3, -0.25) is 0 Å². The number of halogens is 4. The van der Waals surface area contributed by atoms with Gasteiger partial charge in [-0.2, -0.15) is 13.2 Å². The predicted octanol–water partition coefficient (Wildman–Crippen LogP) is 8.49. The van der Waals surface area contributed by atoms with Crippen molar-refractivity contribution in [1.82, 2.24) is 0 Å². The monoisotopic (exact) mass is 478 g/mol. The summed E-state index contributed by atoms with van der Waals surface area (Å²) in [6.45, 7) is 2.44. The van der Waals surface area contributed by atoms with E-state index in [1.165, 1.54) is 17.7 Å². The van der Waals surface area contributed by atoms with E-state index in [2.05, 4.69) is 30.8 Å². The van der Waals surface area contributed by atoms with Crippen molar-refractivity contribution in [1.29, 1.82) is 0 Å². The van der Waals surface area contributed by atoms with Crippen molar-refractivity contribution in [2.24, 2.45) is 0 Å². The average molecular weight is 479 g/mol. The van der Waals surface area contributed by atoms with Gasteiger partial charge < -0.3 is 4.74 Å². The number of allylic oxidation sites excluding steroid dienone is 1. The molecular formula is C30H26F4O. The van der Waals surface area contributed by atoms with Crippen molar-refractivity contribution in [3.8, 4) is 16.9 Å². The first-order valence-electron chi connectivity index (χ1n) is 11.5. The summed E-state index contributed by atoms with van der Waals surface area (Å²) in [7, 11) is 0. The van der Waals surface area contributed by atoms with Crippen molar-refractivity contribution in [3.63, 3.8) is 0 Å². The number of fused-ring (bicyclic) bond motifs is 1. The third kappa shape index (κ3) is 6.50. The van der Waals surface area contributed by atoms with Crippen molar-refractivity contribution >= 4 is 10.8 Å². The molecule has 0 aromatic heterocycles. The minimum atomic E-state index is -4.37. The fourth-order valence-corrected chi connectivity index (χ4v) is 4.04. The van der Waals surface area contributed by atoms with Crippen LogP contribution in [0.25, 0.3) is 21.9 Å². The van der Waals surface area contributed by atoms with E-state index >= 15 is 4.39 Å². The molecule has 4 rings (SSSR count). The molecule has 0 aliphatic carbocycles. The van der Waals surface area contributed by atoms with Gasteiger partial charge in [0.1, 0.15) is 11.6 Å². The summed E-state index contributed by atoms with van der Waals surface area (Å²) in [5.41, 5.74) is 4.88. The van der Waals surface area contributed by atoms with Gasteiger partial charge >= 0.3 is 6.18 Å². The van der Waals surface area contributed by atoms with Crippen LogP contribution in [0.4, 0.5) is 17.6 Å². The molecule has 0 bridgehead atoms. The van der Waals surface area contributed by atoms with Crippen molar-refractivity contribution in [3.05, 3.63) is 114 Å². The van der Waals surface area contributed by atoms with Gasteiger partial charge in [0.05, 0.1) is 0 Å². The summed E-state index contributed by atoms with van der Waals surface area (Å²) in [5.74, 6) is -0.0795. The van der Waals surface area contributed by atoms with E-state index in [-0.39, 0.29) is 11.6 Å². The fourth-order valence-electron chi connectivity index (χ4n) is 4.04. The zero-order valence-electron chi connectivity index (χ0n) is 19.2. The van der Waals surface area contributed by atoms with E-state index in [0.717, 1.165) is 34.9 Å². The lowest BCUT2D eigenvalue weighted by molar-refractivity contribution is -0.153. The highest BCUT2D eigenvalue weighted by atomic mass is 19.4. The molecule has 4 aromatic rings. The fraction of sp³-hybridized carbons (Fsp3) is 0.200. The topological polar surface area (TPSA) is 9.23 Å². The van der Waals surface area contributed by atoms with Crippen LogP contribution in [0.3, 0.4) is 0 Å². The van der Waals surface area contributed by atoms with Crippen LogP contribution < -0.4 is 4.74 Å². The normalized spacial score (nSPS) is 11.5. The van der Waals surface area contributed by atoms with Gasteiger partial charge in [-0.1, -0.05) is 66.7 Å². The smallest absolute Gasteiger partial charge is 0.422 e. The zero-order chi connectivity index (χ0) is 24.8. The minimum Gasteiger partial charge on any atom is -0.484 e. The largest absolute Gasteiger partial charge is 0.484 e. The quantitative estimate of drug-likeness (QED) is 0.173. The van der Waals surface area contributed by atoms with Crippen LogP contribution in [-0.4, -0.2) is 12.8 Å². The lowest BCUT2D eigenvalue weighted by atomic mass is 9.96. The molecule has 0 unspecified atom stereocenters. The Morgan fingerprint density at radius 1 is 0.743 bits per heavy atom. The van der Waals surface area contributed by atoms with E-state index in [1.54, 1.807) is 18.2 Å². The molecule has 5 heteroatoms. The number of benzene rings is 4. The Hall–Kier alpha value is -3.60. The number of rotatable bonds is 9. The number of ether oxygens (including phenoxy) is 1. The molecule has 0 saturated heterocycles. The van der Waals surface area contributed by atoms with E-state index < -0.39 is 12.8 Å². The lowest BCUT2D eigenvalue weighted by Crippen LogP contribution is -2.19. The van der Waals surface area contributed by atoms with E-state index in [0.29, 0.717) is 23.8 Å². The minimum absolute atomic E-state index is 0.158. The molecule has 0 spiro atoms. The summed E-state index contributed by atoms with van der Waals surface area (Å²) in [4.78, 5) is 0. The SMILES string of the molecule is C=CCCc1ccc(-c2ccc3c(F)c(CCc4ccc(OCC(F)(F)F)cc4)ccc3c2)cc1. The van der Waals surface area contributed by atoms with Crippen LogP contribution in [0.1, 0.15) is 23.1 Å². The standard InChI is InChI=1S/C30H26F4O/c1-2-3-4-21-5-10-23(11-6-21)25-15-18-28-26(19-25)14-13-24(29(28)31)12-7-22-8-16-27(17-9-22)35-20-30(32,33)34/h2,5-6,8-11,13-19H,1,3-4,7,12,20H2. The van der Waals surface area contributed by atoms with Gasteiger partial charge in [0.25, 0.3) is 0 Å². The zero-order valence-corrected chi connectivity index (χ0v) is 19.2. The second kappa shape index (κ2) is 10.8. The molecule has 0 saturated carbocycles. The van der Waals surface area contributed by atoms with E-state index in [1.807, 2.05) is 30.3 Å².